The fourth-order valence-corrected chi connectivity index (χ4v) is 8.24. The Morgan fingerprint density at radius 1 is 0.417 bits per heavy atom. The van der Waals surface area contributed by atoms with Crippen molar-refractivity contribution >= 4 is 32.7 Å². The molecule has 2 heteroatoms. The van der Waals surface area contributed by atoms with Gasteiger partial charge in [-0.15, -0.1) is 0 Å². The number of para-hydroxylation sites is 2. The van der Waals surface area contributed by atoms with Gasteiger partial charge in [-0.3, -0.25) is 4.57 Å². The average Bonchev–Trinajstić information content (AvgIpc) is 3.64. The van der Waals surface area contributed by atoms with E-state index in [-0.39, 0.29) is 0 Å². The van der Waals surface area contributed by atoms with E-state index in [9.17, 15) is 0 Å². The maximum atomic E-state index is 5.42. The molecule has 0 saturated heterocycles. The summed E-state index contributed by atoms with van der Waals surface area (Å²) in [6.07, 6.45) is 0. The summed E-state index contributed by atoms with van der Waals surface area (Å²) < 4.78 is 2.40. The van der Waals surface area contributed by atoms with E-state index in [0.29, 0.717) is 0 Å². The first-order valence-electron chi connectivity index (χ1n) is 16.6. The van der Waals surface area contributed by atoms with Crippen LogP contribution >= 0.6 is 0 Å². The first-order chi connectivity index (χ1) is 23.8. The van der Waals surface area contributed by atoms with Crippen molar-refractivity contribution in [2.24, 2.45) is 0 Å². The van der Waals surface area contributed by atoms with Crippen LogP contribution in [-0.2, 0) is 5.41 Å². The summed E-state index contributed by atoms with van der Waals surface area (Å²) in [5.41, 5.74) is 12.8. The van der Waals surface area contributed by atoms with Crippen LogP contribution in [0.1, 0.15) is 22.3 Å². The van der Waals surface area contributed by atoms with E-state index in [1.807, 2.05) is 0 Å². The number of hydrogen-bond donors (Lipinski definition) is 0. The molecule has 0 bridgehead atoms. The highest BCUT2D eigenvalue weighted by Crippen LogP contribution is 2.57. The number of aromatic nitrogens is 2. The van der Waals surface area contributed by atoms with Crippen molar-refractivity contribution in [1.82, 2.24) is 9.55 Å². The van der Waals surface area contributed by atoms with Crippen LogP contribution in [0.15, 0.2) is 182 Å². The Hall–Kier alpha value is -6.25. The van der Waals surface area contributed by atoms with E-state index in [0.717, 1.165) is 38.9 Å². The predicted octanol–water partition coefficient (Wildman–Crippen LogP) is 11.4. The van der Waals surface area contributed by atoms with Gasteiger partial charge in [0.15, 0.2) is 0 Å². The van der Waals surface area contributed by atoms with Gasteiger partial charge >= 0.3 is 0 Å². The maximum absolute atomic E-state index is 5.42. The Kier molecular flexibility index (Phi) is 5.82. The van der Waals surface area contributed by atoms with Crippen LogP contribution in [0.2, 0.25) is 0 Å². The fourth-order valence-electron chi connectivity index (χ4n) is 8.24. The fraction of sp³-hybridized carbons (Fsp3) is 0.0217. The minimum absolute atomic E-state index is 0.456. The first kappa shape index (κ1) is 26.9. The molecular weight excluding hydrogens is 581 g/mol. The van der Waals surface area contributed by atoms with Crippen molar-refractivity contribution in [3.05, 3.63) is 204 Å². The summed E-state index contributed by atoms with van der Waals surface area (Å²) in [7, 11) is 0. The molecule has 2 aromatic heterocycles. The third kappa shape index (κ3) is 3.72. The Labute approximate surface area is 279 Å². The number of rotatable bonds is 4. The van der Waals surface area contributed by atoms with Crippen LogP contribution in [0.25, 0.3) is 60.8 Å². The maximum Gasteiger partial charge on any atom is 0.146 e. The number of hydrogen-bond acceptors (Lipinski definition) is 1. The van der Waals surface area contributed by atoms with Crippen molar-refractivity contribution in [1.29, 1.82) is 0 Å². The number of benzene rings is 7. The van der Waals surface area contributed by atoms with Crippen LogP contribution in [0, 0.1) is 0 Å². The van der Waals surface area contributed by atoms with E-state index in [2.05, 4.69) is 187 Å². The third-order valence-corrected chi connectivity index (χ3v) is 10.3. The van der Waals surface area contributed by atoms with Crippen LogP contribution in [-0.4, -0.2) is 9.55 Å². The number of fused-ring (bicyclic) bond motifs is 7. The summed E-state index contributed by atoms with van der Waals surface area (Å²) in [6.45, 7) is 0. The van der Waals surface area contributed by atoms with Crippen molar-refractivity contribution in [2.75, 3.05) is 0 Å². The van der Waals surface area contributed by atoms with Crippen LogP contribution in [0.3, 0.4) is 0 Å². The minimum Gasteiger partial charge on any atom is -0.293 e. The highest BCUT2D eigenvalue weighted by Gasteiger charge is 2.46. The van der Waals surface area contributed by atoms with Gasteiger partial charge in [0.1, 0.15) is 5.82 Å². The molecule has 0 aliphatic heterocycles. The Bertz CT molecular complexity index is 2610. The molecule has 9 aromatic rings. The topological polar surface area (TPSA) is 17.8 Å². The molecule has 1 aliphatic carbocycles. The van der Waals surface area contributed by atoms with E-state index in [4.69, 9.17) is 4.98 Å². The first-order valence-corrected chi connectivity index (χ1v) is 16.6. The zero-order valence-corrected chi connectivity index (χ0v) is 26.2. The van der Waals surface area contributed by atoms with Gasteiger partial charge in [0, 0.05) is 21.7 Å². The van der Waals surface area contributed by atoms with Gasteiger partial charge in [0.25, 0.3) is 0 Å². The molecular formula is C46H30N2. The standard InChI is InChI=1S/C46H30N2/c1-4-16-31(17-5-1)37-28-32-18-10-14-26-42(32)47-45(37)48-43-27-15-12-24-36(43)39-29-41-38(30-44(39)48)35-23-11-13-25-40(35)46(41,33-19-6-2-7-20-33)34-21-8-3-9-22-34/h1-30H. The zero-order valence-electron chi connectivity index (χ0n) is 26.2. The van der Waals surface area contributed by atoms with Gasteiger partial charge in [0.2, 0.25) is 0 Å². The molecule has 0 amide bonds. The summed E-state index contributed by atoms with van der Waals surface area (Å²) in [4.78, 5) is 5.42. The monoisotopic (exact) mass is 610 g/mol. The summed E-state index contributed by atoms with van der Waals surface area (Å²) in [6, 6.07) is 66.1. The summed E-state index contributed by atoms with van der Waals surface area (Å²) >= 11 is 0. The van der Waals surface area contributed by atoms with Crippen LogP contribution < -0.4 is 0 Å². The van der Waals surface area contributed by atoms with Crippen molar-refractivity contribution in [3.63, 3.8) is 0 Å². The van der Waals surface area contributed by atoms with Gasteiger partial charge in [-0.2, -0.15) is 0 Å². The van der Waals surface area contributed by atoms with E-state index in [1.54, 1.807) is 0 Å². The minimum atomic E-state index is -0.456. The molecule has 7 aromatic carbocycles. The van der Waals surface area contributed by atoms with Gasteiger partial charge < -0.3 is 0 Å². The molecule has 0 N–H and O–H groups in total. The molecule has 224 valence electrons. The molecule has 2 heterocycles. The van der Waals surface area contributed by atoms with Crippen LogP contribution in [0.5, 0.6) is 0 Å². The zero-order chi connectivity index (χ0) is 31.7. The molecule has 10 rings (SSSR count). The lowest BCUT2D eigenvalue weighted by Gasteiger charge is -2.34. The largest absolute Gasteiger partial charge is 0.293 e. The molecule has 0 atom stereocenters. The van der Waals surface area contributed by atoms with E-state index >= 15 is 0 Å². The Morgan fingerprint density at radius 3 is 1.81 bits per heavy atom. The molecule has 0 saturated carbocycles. The molecule has 0 fully saturated rings. The second kappa shape index (κ2) is 10.4. The van der Waals surface area contributed by atoms with Crippen molar-refractivity contribution in [3.8, 4) is 28.1 Å². The highest BCUT2D eigenvalue weighted by atomic mass is 15.1. The Morgan fingerprint density at radius 2 is 1.04 bits per heavy atom. The second-order valence-corrected chi connectivity index (χ2v) is 12.7. The quantitative estimate of drug-likeness (QED) is 0.194. The molecule has 0 spiro atoms. The third-order valence-electron chi connectivity index (χ3n) is 10.3. The van der Waals surface area contributed by atoms with Gasteiger partial charge in [-0.25, -0.2) is 4.98 Å². The lowest BCUT2D eigenvalue weighted by Crippen LogP contribution is -2.28. The molecule has 0 unspecified atom stereocenters. The molecule has 2 nitrogen and oxygen atoms in total. The SMILES string of the molecule is c1ccc(-c2cc3ccccc3nc2-n2c3ccccc3c3cc4c(cc32)-c2ccccc2C4(c2ccccc2)c2ccccc2)cc1. The molecule has 48 heavy (non-hydrogen) atoms. The van der Waals surface area contributed by atoms with E-state index in [1.165, 1.54) is 44.2 Å². The van der Waals surface area contributed by atoms with E-state index < -0.39 is 5.41 Å². The smallest absolute Gasteiger partial charge is 0.146 e. The normalized spacial score (nSPS) is 13.2. The molecule has 1 aliphatic rings. The number of pyridine rings is 1. The summed E-state index contributed by atoms with van der Waals surface area (Å²) in [5, 5.41) is 3.57. The summed E-state index contributed by atoms with van der Waals surface area (Å²) in [5.74, 6) is 0.940. The lowest BCUT2D eigenvalue weighted by atomic mass is 9.67. The highest BCUT2D eigenvalue weighted by molar-refractivity contribution is 6.12. The lowest BCUT2D eigenvalue weighted by molar-refractivity contribution is 0.769. The average molecular weight is 611 g/mol. The second-order valence-electron chi connectivity index (χ2n) is 12.7. The van der Waals surface area contributed by atoms with Gasteiger partial charge in [-0.1, -0.05) is 152 Å². The van der Waals surface area contributed by atoms with Crippen molar-refractivity contribution < 1.29 is 0 Å². The number of nitrogens with zero attached hydrogens (tertiary/aromatic N) is 2. The Balaban J connectivity index is 1.37. The molecule has 0 radical (unpaired) electrons. The van der Waals surface area contributed by atoms with Gasteiger partial charge in [-0.05, 0) is 69.3 Å². The van der Waals surface area contributed by atoms with Gasteiger partial charge in [0.05, 0.1) is 22.0 Å². The van der Waals surface area contributed by atoms with Crippen molar-refractivity contribution in [2.45, 2.75) is 5.41 Å². The predicted molar refractivity (Wildman–Crippen MR) is 199 cm³/mol. The van der Waals surface area contributed by atoms with Crippen LogP contribution in [0.4, 0.5) is 0 Å².